The van der Waals surface area contributed by atoms with Gasteiger partial charge in [-0.3, -0.25) is 0 Å². The molecule has 6 rings (SSSR count). The van der Waals surface area contributed by atoms with Crippen molar-refractivity contribution in [1.29, 1.82) is 0 Å². The predicted octanol–water partition coefficient (Wildman–Crippen LogP) is 17.4. The first-order chi connectivity index (χ1) is 30.9. The number of unbranched alkanes of at least 4 members (excludes halogenated alkanes) is 2. The Morgan fingerprint density at radius 1 is 0.439 bits per heavy atom. The van der Waals surface area contributed by atoms with E-state index in [0.717, 1.165) is 22.4 Å². The van der Waals surface area contributed by atoms with E-state index in [9.17, 15) is 0 Å². The Balaban J connectivity index is 0.000000313. The van der Waals surface area contributed by atoms with Crippen LogP contribution in [0.5, 0.6) is 0 Å². The molecule has 358 valence electrons. The Morgan fingerprint density at radius 3 is 0.970 bits per heavy atom. The second kappa shape index (κ2) is 26.7. The van der Waals surface area contributed by atoms with Gasteiger partial charge >= 0.3 is 37.9 Å². The van der Waals surface area contributed by atoms with Gasteiger partial charge in [0.1, 0.15) is 0 Å². The van der Waals surface area contributed by atoms with Gasteiger partial charge in [0, 0.05) is 9.52 Å². The van der Waals surface area contributed by atoms with Crippen molar-refractivity contribution in [3.63, 3.8) is 0 Å². The van der Waals surface area contributed by atoms with Crippen LogP contribution in [0.1, 0.15) is 88.5 Å². The van der Waals surface area contributed by atoms with Crippen LogP contribution in [0.4, 0.5) is 0 Å². The second-order valence-corrected chi connectivity index (χ2v) is 47.9. The summed E-state index contributed by atoms with van der Waals surface area (Å²) in [6, 6.07) is 34.7. The van der Waals surface area contributed by atoms with Gasteiger partial charge in [-0.1, -0.05) is 237 Å². The number of rotatable bonds is 16. The van der Waals surface area contributed by atoms with Crippen LogP contribution >= 0.6 is 17.0 Å². The normalized spacial score (nSPS) is 11.9. The number of benzene rings is 4. The quantitative estimate of drug-likeness (QED) is 0.0669. The molecule has 2 radical (unpaired) electrons. The molecular formula is C58H88Cl2Si5Zr. The third-order valence-electron chi connectivity index (χ3n) is 12.7. The van der Waals surface area contributed by atoms with Crippen molar-refractivity contribution in [3.8, 4) is 22.3 Å². The van der Waals surface area contributed by atoms with Crippen molar-refractivity contribution in [3.05, 3.63) is 107 Å². The fraction of sp³-hybridized carbons (Fsp3) is 0.483. The van der Waals surface area contributed by atoms with Crippen LogP contribution in [0.2, 0.25) is 91.7 Å². The van der Waals surface area contributed by atoms with E-state index < -0.39 is 53.1 Å². The standard InChI is InChI=1S/2C28H41Si2.C2H6Si.2ClH.Zr/c2*1-9-11-13-21-16-23-15-14-22(12-10-2)28(27(23)17-21)24-18-25(29(3,4)5)20-26(19-24)30(6,7)8;1-3-2;;;/h2*14-20H,9-13H2,1-8H3;1-2H3;2*1H;/q2*-1;;;;+4/p-2. The summed E-state index contributed by atoms with van der Waals surface area (Å²) >= 11 is -0.826. The molecule has 0 amide bonds. The average Bonchev–Trinajstić information content (AvgIpc) is 3.85. The van der Waals surface area contributed by atoms with E-state index in [1.54, 1.807) is 20.7 Å². The summed E-state index contributed by atoms with van der Waals surface area (Å²) in [5.41, 5.74) is 12.0. The van der Waals surface area contributed by atoms with E-state index in [4.69, 9.17) is 17.0 Å². The predicted molar refractivity (Wildman–Crippen MR) is 316 cm³/mol. The Kier molecular flexibility index (Phi) is 23.9. The first-order valence-corrected chi connectivity index (χ1v) is 47.5. The van der Waals surface area contributed by atoms with Gasteiger partial charge in [-0.15, -0.1) is 69.1 Å². The second-order valence-electron chi connectivity index (χ2n) is 22.8. The van der Waals surface area contributed by atoms with Gasteiger partial charge in [-0.05, 0) is 36.8 Å². The molecule has 8 heteroatoms. The molecule has 0 aliphatic heterocycles. The monoisotopic (exact) mass is 1080 g/mol. The Labute approximate surface area is 431 Å². The maximum absolute atomic E-state index is 4.93. The molecule has 0 saturated heterocycles. The topological polar surface area (TPSA) is 0 Å². The summed E-state index contributed by atoms with van der Waals surface area (Å²) in [6.45, 7) is 43.3. The Morgan fingerprint density at radius 2 is 0.727 bits per heavy atom. The first-order valence-electron chi connectivity index (χ1n) is 25.2. The van der Waals surface area contributed by atoms with Crippen molar-refractivity contribution < 1.29 is 20.8 Å². The van der Waals surface area contributed by atoms with Crippen molar-refractivity contribution in [2.45, 2.75) is 184 Å². The zero-order valence-electron chi connectivity index (χ0n) is 44.9. The molecule has 0 saturated carbocycles. The summed E-state index contributed by atoms with van der Waals surface area (Å²) < 4.78 is 0. The number of hydrogen-bond donors (Lipinski definition) is 0. The molecule has 0 aromatic heterocycles. The molecule has 0 aliphatic rings. The summed E-state index contributed by atoms with van der Waals surface area (Å²) in [7, 11) is 5.35. The number of fused-ring (bicyclic) bond motifs is 2. The van der Waals surface area contributed by atoms with Crippen molar-refractivity contribution in [2.75, 3.05) is 0 Å². The maximum atomic E-state index is 4.93. The third kappa shape index (κ3) is 16.9. The van der Waals surface area contributed by atoms with E-state index in [0.29, 0.717) is 0 Å². The fourth-order valence-electron chi connectivity index (χ4n) is 8.74. The minimum atomic E-state index is -1.40. The van der Waals surface area contributed by atoms with Gasteiger partial charge in [0.2, 0.25) is 0 Å². The van der Waals surface area contributed by atoms with Crippen LogP contribution in [0.3, 0.4) is 0 Å². The fourth-order valence-corrected chi connectivity index (χ4v) is 13.7. The van der Waals surface area contributed by atoms with Gasteiger partial charge in [0.25, 0.3) is 0 Å². The summed E-state index contributed by atoms with van der Waals surface area (Å²) in [5.74, 6) is 0. The summed E-state index contributed by atoms with van der Waals surface area (Å²) in [4.78, 5) is 0. The Hall–Kier alpha value is -1.35. The number of hydrogen-bond acceptors (Lipinski definition) is 0. The average molecular weight is 1090 g/mol. The van der Waals surface area contributed by atoms with Crippen molar-refractivity contribution in [2.24, 2.45) is 0 Å². The molecule has 0 unspecified atom stereocenters. The molecule has 0 fully saturated rings. The third-order valence-corrected chi connectivity index (χ3v) is 20.7. The van der Waals surface area contributed by atoms with Gasteiger partial charge in [-0.25, -0.2) is 0 Å². The van der Waals surface area contributed by atoms with E-state index in [-0.39, 0.29) is 0 Å². The molecule has 0 N–H and O–H groups in total. The zero-order chi connectivity index (χ0) is 49.6. The molecule has 0 aliphatic carbocycles. The van der Waals surface area contributed by atoms with E-state index in [1.807, 2.05) is 0 Å². The molecule has 6 aromatic rings. The molecule has 0 spiro atoms. The minimum absolute atomic E-state index is 0.826. The molecule has 6 aromatic carbocycles. The van der Waals surface area contributed by atoms with Crippen LogP contribution in [-0.4, -0.2) is 41.8 Å². The van der Waals surface area contributed by atoms with Crippen molar-refractivity contribution >= 4 is 101 Å². The first kappa shape index (κ1) is 59.0. The molecular weight excluding hydrogens is 999 g/mol. The van der Waals surface area contributed by atoms with Crippen LogP contribution < -0.4 is 20.7 Å². The van der Waals surface area contributed by atoms with Crippen LogP contribution in [-0.2, 0) is 46.5 Å². The number of aryl methyl sites for hydroxylation is 4. The molecule has 0 heterocycles. The van der Waals surface area contributed by atoms with E-state index in [2.05, 4.69) is 204 Å². The summed E-state index contributed by atoms with van der Waals surface area (Å²) in [6.07, 6.45) is 12.1. The van der Waals surface area contributed by atoms with Gasteiger partial charge in [0.15, 0.2) is 0 Å². The van der Waals surface area contributed by atoms with Crippen LogP contribution in [0, 0.1) is 0 Å². The molecule has 0 bridgehead atoms. The van der Waals surface area contributed by atoms with Crippen molar-refractivity contribution in [1.82, 2.24) is 0 Å². The van der Waals surface area contributed by atoms with E-state index in [1.165, 1.54) is 117 Å². The van der Waals surface area contributed by atoms with E-state index >= 15 is 0 Å². The van der Waals surface area contributed by atoms with Gasteiger partial charge in [0.05, 0.1) is 32.3 Å². The SMILES string of the molecule is CCCCc1cc2c(-c3cc([Si](C)(C)C)cc([Si](C)(C)C)c3)c(CCC)ccc2[cH-]1.CCCCc1cc2c(-c3cc([Si](C)(C)C)cc([Si](C)(C)C)c3)c(CCC)ccc2[cH-]1.C[Si]C.[Cl][Zr+2][Cl]. The molecule has 66 heavy (non-hydrogen) atoms. The summed E-state index contributed by atoms with van der Waals surface area (Å²) in [5, 5.41) is 12.2. The van der Waals surface area contributed by atoms with Gasteiger partial charge < -0.3 is 0 Å². The molecule has 0 atom stereocenters. The molecule has 0 nitrogen and oxygen atoms in total. The van der Waals surface area contributed by atoms with Crippen LogP contribution in [0.15, 0.2) is 84.9 Å². The number of halogens is 2. The van der Waals surface area contributed by atoms with Gasteiger partial charge in [-0.2, -0.15) is 12.1 Å². The Bertz CT molecular complexity index is 2180. The zero-order valence-corrected chi connectivity index (χ0v) is 53.9. The van der Waals surface area contributed by atoms with Crippen LogP contribution in [0.25, 0.3) is 43.8 Å².